The number of benzene rings is 1. The van der Waals surface area contributed by atoms with E-state index in [4.69, 9.17) is 4.42 Å². The Balaban J connectivity index is 2.77. The number of aryl methyl sites for hydroxylation is 3. The zero-order valence-electron chi connectivity index (χ0n) is 9.61. The monoisotopic (exact) mass is 244 g/mol. The minimum absolute atomic E-state index is 0.166. The van der Waals surface area contributed by atoms with E-state index in [1.807, 2.05) is 0 Å². The molecule has 0 spiro atoms. The van der Waals surface area contributed by atoms with E-state index in [9.17, 15) is 13.2 Å². The standard InChI is InChI=1S/C12H11F3O2/c1-5-7(3)16-11-9(17-12(14)15)4-8(13)6(2)10(5)11/h4,12H,1-3H3. The van der Waals surface area contributed by atoms with Gasteiger partial charge >= 0.3 is 6.61 Å². The molecule has 0 aliphatic carbocycles. The summed E-state index contributed by atoms with van der Waals surface area (Å²) in [6, 6.07) is 0.923. The molecule has 5 heteroatoms. The Morgan fingerprint density at radius 1 is 1.18 bits per heavy atom. The zero-order valence-corrected chi connectivity index (χ0v) is 9.61. The van der Waals surface area contributed by atoms with E-state index in [0.29, 0.717) is 16.7 Å². The second-order valence-corrected chi connectivity index (χ2v) is 3.85. The van der Waals surface area contributed by atoms with Crippen molar-refractivity contribution in [2.45, 2.75) is 27.4 Å². The highest BCUT2D eigenvalue weighted by atomic mass is 19.3. The molecule has 0 N–H and O–H groups in total. The summed E-state index contributed by atoms with van der Waals surface area (Å²) in [6.45, 7) is 2.01. The minimum Gasteiger partial charge on any atom is -0.457 e. The van der Waals surface area contributed by atoms with Gasteiger partial charge in [-0.1, -0.05) is 0 Å². The molecule has 2 nitrogen and oxygen atoms in total. The number of rotatable bonds is 2. The number of fused-ring (bicyclic) bond motifs is 1. The van der Waals surface area contributed by atoms with Crippen LogP contribution >= 0.6 is 0 Å². The van der Waals surface area contributed by atoms with Gasteiger partial charge in [-0.25, -0.2) is 4.39 Å². The molecule has 0 aliphatic heterocycles. The number of hydrogen-bond donors (Lipinski definition) is 0. The number of hydrogen-bond acceptors (Lipinski definition) is 2. The first-order valence-electron chi connectivity index (χ1n) is 5.05. The van der Waals surface area contributed by atoms with E-state index < -0.39 is 12.4 Å². The molecule has 0 aliphatic rings. The predicted octanol–water partition coefficient (Wildman–Crippen LogP) is 4.10. The molecule has 0 atom stereocenters. The number of ether oxygens (including phenoxy) is 1. The summed E-state index contributed by atoms with van der Waals surface area (Å²) in [5, 5.41) is 0.498. The molecule has 2 rings (SSSR count). The van der Waals surface area contributed by atoms with E-state index >= 15 is 0 Å². The highest BCUT2D eigenvalue weighted by Gasteiger charge is 2.19. The fraction of sp³-hybridized carbons (Fsp3) is 0.333. The number of furan rings is 1. The Morgan fingerprint density at radius 2 is 1.82 bits per heavy atom. The van der Waals surface area contributed by atoms with E-state index in [2.05, 4.69) is 4.74 Å². The van der Waals surface area contributed by atoms with Crippen LogP contribution in [0.25, 0.3) is 11.0 Å². The summed E-state index contributed by atoms with van der Waals surface area (Å²) >= 11 is 0. The van der Waals surface area contributed by atoms with Gasteiger partial charge in [0.05, 0.1) is 0 Å². The van der Waals surface area contributed by atoms with Gasteiger partial charge in [0.15, 0.2) is 11.3 Å². The SMILES string of the molecule is Cc1oc2c(OC(F)F)cc(F)c(C)c2c1C. The molecule has 17 heavy (non-hydrogen) atoms. The van der Waals surface area contributed by atoms with Gasteiger partial charge in [-0.3, -0.25) is 0 Å². The third kappa shape index (κ3) is 1.85. The average molecular weight is 244 g/mol. The lowest BCUT2D eigenvalue weighted by Crippen LogP contribution is -2.03. The first kappa shape index (κ1) is 11.8. The van der Waals surface area contributed by atoms with Gasteiger partial charge in [-0.2, -0.15) is 8.78 Å². The van der Waals surface area contributed by atoms with Crippen LogP contribution in [0.1, 0.15) is 16.9 Å². The Hall–Kier alpha value is -1.65. The van der Waals surface area contributed by atoms with Crippen LogP contribution in [0.2, 0.25) is 0 Å². The summed E-state index contributed by atoms with van der Waals surface area (Å²) in [4.78, 5) is 0. The van der Waals surface area contributed by atoms with Crippen LogP contribution in [-0.4, -0.2) is 6.61 Å². The van der Waals surface area contributed by atoms with Crippen LogP contribution in [-0.2, 0) is 0 Å². The Labute approximate surface area is 96.0 Å². The normalized spacial score (nSPS) is 11.5. The highest BCUT2D eigenvalue weighted by Crippen LogP contribution is 2.36. The molecule has 0 fully saturated rings. The summed E-state index contributed by atoms with van der Waals surface area (Å²) in [6.07, 6.45) is 0. The lowest BCUT2D eigenvalue weighted by Gasteiger charge is -2.07. The van der Waals surface area contributed by atoms with Crippen LogP contribution in [0.4, 0.5) is 13.2 Å². The van der Waals surface area contributed by atoms with Gasteiger partial charge in [-0.05, 0) is 31.9 Å². The Kier molecular flexibility index (Phi) is 2.77. The van der Waals surface area contributed by atoms with Gasteiger partial charge in [0.25, 0.3) is 0 Å². The van der Waals surface area contributed by atoms with Gasteiger partial charge in [-0.15, -0.1) is 0 Å². The predicted molar refractivity (Wildman–Crippen MR) is 57.0 cm³/mol. The Bertz CT molecular complexity index is 573. The summed E-state index contributed by atoms with van der Waals surface area (Å²) in [5.41, 5.74) is 1.27. The zero-order chi connectivity index (χ0) is 12.7. The first-order valence-corrected chi connectivity index (χ1v) is 5.05. The van der Waals surface area contributed by atoms with E-state index in [-0.39, 0.29) is 11.3 Å². The third-order valence-electron chi connectivity index (χ3n) is 2.82. The number of halogens is 3. The molecule has 0 amide bonds. The maximum Gasteiger partial charge on any atom is 0.387 e. The van der Waals surface area contributed by atoms with Gasteiger partial charge < -0.3 is 9.15 Å². The largest absolute Gasteiger partial charge is 0.457 e. The minimum atomic E-state index is -3.01. The van der Waals surface area contributed by atoms with E-state index in [0.717, 1.165) is 11.6 Å². The number of alkyl halides is 2. The molecular formula is C12H11F3O2. The van der Waals surface area contributed by atoms with Crippen molar-refractivity contribution in [3.05, 3.63) is 28.8 Å². The van der Waals surface area contributed by atoms with Gasteiger partial charge in [0, 0.05) is 11.5 Å². The average Bonchev–Trinajstić information content (AvgIpc) is 2.52. The van der Waals surface area contributed by atoms with Crippen molar-refractivity contribution in [3.63, 3.8) is 0 Å². The molecule has 1 heterocycles. The van der Waals surface area contributed by atoms with Crippen molar-refractivity contribution >= 4 is 11.0 Å². The van der Waals surface area contributed by atoms with Crippen molar-refractivity contribution in [2.75, 3.05) is 0 Å². The fourth-order valence-corrected chi connectivity index (χ4v) is 1.84. The topological polar surface area (TPSA) is 22.4 Å². The molecule has 0 radical (unpaired) electrons. The third-order valence-corrected chi connectivity index (χ3v) is 2.82. The molecule has 2 aromatic rings. The Morgan fingerprint density at radius 3 is 2.41 bits per heavy atom. The van der Waals surface area contributed by atoms with Gasteiger partial charge in [0.2, 0.25) is 0 Å². The second-order valence-electron chi connectivity index (χ2n) is 3.85. The maximum absolute atomic E-state index is 13.6. The van der Waals surface area contributed by atoms with Crippen molar-refractivity contribution in [1.82, 2.24) is 0 Å². The fourth-order valence-electron chi connectivity index (χ4n) is 1.84. The molecular weight excluding hydrogens is 233 g/mol. The van der Waals surface area contributed by atoms with Gasteiger partial charge in [0.1, 0.15) is 11.6 Å². The highest BCUT2D eigenvalue weighted by molar-refractivity contribution is 5.90. The van der Waals surface area contributed by atoms with E-state index in [1.54, 1.807) is 20.8 Å². The summed E-state index contributed by atoms with van der Waals surface area (Å²) < 4.78 is 47.6. The van der Waals surface area contributed by atoms with Crippen molar-refractivity contribution in [2.24, 2.45) is 0 Å². The maximum atomic E-state index is 13.6. The summed E-state index contributed by atoms with van der Waals surface area (Å²) in [7, 11) is 0. The van der Waals surface area contributed by atoms with Crippen LogP contribution in [0.5, 0.6) is 5.75 Å². The smallest absolute Gasteiger partial charge is 0.387 e. The molecule has 1 aromatic carbocycles. The van der Waals surface area contributed by atoms with Crippen LogP contribution in [0.15, 0.2) is 10.5 Å². The quantitative estimate of drug-likeness (QED) is 0.793. The van der Waals surface area contributed by atoms with Crippen molar-refractivity contribution in [1.29, 1.82) is 0 Å². The molecule has 92 valence electrons. The van der Waals surface area contributed by atoms with Crippen molar-refractivity contribution < 1.29 is 22.3 Å². The second kappa shape index (κ2) is 3.98. The molecule has 0 unspecified atom stereocenters. The first-order chi connectivity index (χ1) is 7.91. The molecule has 1 aromatic heterocycles. The molecule has 0 saturated heterocycles. The molecule has 0 bridgehead atoms. The van der Waals surface area contributed by atoms with Crippen molar-refractivity contribution in [3.8, 4) is 5.75 Å². The van der Waals surface area contributed by atoms with Crippen LogP contribution in [0.3, 0.4) is 0 Å². The van der Waals surface area contributed by atoms with E-state index in [1.165, 1.54) is 0 Å². The van der Waals surface area contributed by atoms with Crippen LogP contribution in [0, 0.1) is 26.6 Å². The van der Waals surface area contributed by atoms with Crippen LogP contribution < -0.4 is 4.74 Å². The lowest BCUT2D eigenvalue weighted by molar-refractivity contribution is -0.0495. The summed E-state index contributed by atoms with van der Waals surface area (Å²) in [5.74, 6) is -0.292. The molecule has 0 saturated carbocycles. The lowest BCUT2D eigenvalue weighted by atomic mass is 10.1.